The van der Waals surface area contributed by atoms with Gasteiger partial charge in [0, 0.05) is 33.4 Å². The van der Waals surface area contributed by atoms with Crippen LogP contribution in [0.2, 0.25) is 15.1 Å². The first kappa shape index (κ1) is 19.5. The van der Waals surface area contributed by atoms with Crippen LogP contribution in [-0.2, 0) is 0 Å². The quantitative estimate of drug-likeness (QED) is 0.341. The summed E-state index contributed by atoms with van der Waals surface area (Å²) in [5.41, 5.74) is 1.76. The van der Waals surface area contributed by atoms with E-state index in [0.717, 1.165) is 0 Å². The van der Waals surface area contributed by atoms with Gasteiger partial charge < -0.3 is 4.74 Å². The summed E-state index contributed by atoms with van der Waals surface area (Å²) in [5, 5.41) is 6.02. The van der Waals surface area contributed by atoms with E-state index in [4.69, 9.17) is 39.5 Å². The Kier molecular flexibility index (Phi) is 5.58. The van der Waals surface area contributed by atoms with Crippen LogP contribution in [0, 0.1) is 0 Å². The minimum absolute atomic E-state index is 0.258. The van der Waals surface area contributed by atoms with Crippen molar-refractivity contribution in [3.8, 4) is 22.8 Å². The van der Waals surface area contributed by atoms with Crippen LogP contribution in [0.3, 0.4) is 0 Å². The molecule has 4 nitrogen and oxygen atoms in total. The Morgan fingerprint density at radius 2 is 1.41 bits per heavy atom. The molecule has 4 rings (SSSR count). The summed E-state index contributed by atoms with van der Waals surface area (Å²) in [5.74, 6) is 0.973. The fraction of sp³-hybridized carbons (Fsp3) is 0. The van der Waals surface area contributed by atoms with Gasteiger partial charge in [-0.05, 0) is 66.7 Å². The number of halogens is 3. The molecule has 0 amide bonds. The Balaban J connectivity index is 1.55. The number of rotatable bonds is 4. The molecule has 1 heterocycles. The van der Waals surface area contributed by atoms with Gasteiger partial charge in [-0.15, -0.1) is 0 Å². The van der Waals surface area contributed by atoms with Crippen LogP contribution in [0.15, 0.2) is 79.0 Å². The van der Waals surface area contributed by atoms with Gasteiger partial charge in [0.1, 0.15) is 11.5 Å². The molecule has 0 saturated carbocycles. The Morgan fingerprint density at radius 1 is 0.793 bits per heavy atom. The van der Waals surface area contributed by atoms with E-state index in [2.05, 4.69) is 5.10 Å². The van der Waals surface area contributed by atoms with Crippen LogP contribution >= 0.6 is 34.8 Å². The first-order valence-electron chi connectivity index (χ1n) is 8.59. The number of hydrogen-bond donors (Lipinski definition) is 0. The fourth-order valence-electron chi connectivity index (χ4n) is 2.71. The number of ether oxygens (including phenoxy) is 1. The van der Waals surface area contributed by atoms with Crippen LogP contribution in [0.1, 0.15) is 10.4 Å². The minimum Gasteiger partial charge on any atom is -0.457 e. The number of carbonyl (C=O) groups is 1. The third-order valence-corrected chi connectivity index (χ3v) is 4.97. The van der Waals surface area contributed by atoms with Crippen molar-refractivity contribution >= 4 is 40.7 Å². The molecule has 0 fully saturated rings. The first-order chi connectivity index (χ1) is 14.0. The monoisotopic (exact) mass is 442 g/mol. The Labute approximate surface area is 182 Å². The fourth-order valence-corrected chi connectivity index (χ4v) is 3.23. The second kappa shape index (κ2) is 8.29. The maximum Gasteiger partial charge on any atom is 0.278 e. The highest BCUT2D eigenvalue weighted by atomic mass is 35.5. The molecular formula is C22H13Cl3N2O2. The third-order valence-electron chi connectivity index (χ3n) is 4.15. The van der Waals surface area contributed by atoms with Gasteiger partial charge >= 0.3 is 0 Å². The molecule has 0 bridgehead atoms. The lowest BCUT2D eigenvalue weighted by molar-refractivity contribution is 0.0945. The van der Waals surface area contributed by atoms with E-state index >= 15 is 0 Å². The van der Waals surface area contributed by atoms with Gasteiger partial charge in [-0.3, -0.25) is 4.79 Å². The molecule has 7 heteroatoms. The lowest BCUT2D eigenvalue weighted by Crippen LogP contribution is -2.12. The molecule has 1 aromatic heterocycles. The van der Waals surface area contributed by atoms with Crippen molar-refractivity contribution in [2.24, 2.45) is 0 Å². The van der Waals surface area contributed by atoms with E-state index in [-0.39, 0.29) is 5.91 Å². The maximum atomic E-state index is 12.6. The van der Waals surface area contributed by atoms with Crippen LogP contribution in [0.25, 0.3) is 11.3 Å². The highest BCUT2D eigenvalue weighted by molar-refractivity contribution is 6.33. The summed E-state index contributed by atoms with van der Waals surface area (Å²) in [6, 6.07) is 20.7. The summed E-state index contributed by atoms with van der Waals surface area (Å²) in [6.45, 7) is 0. The van der Waals surface area contributed by atoms with Crippen molar-refractivity contribution in [1.29, 1.82) is 0 Å². The molecular weight excluding hydrogens is 431 g/mol. The van der Waals surface area contributed by atoms with Crippen molar-refractivity contribution in [3.05, 3.63) is 99.6 Å². The summed E-state index contributed by atoms with van der Waals surface area (Å²) in [6.07, 6.45) is 1.60. The zero-order chi connectivity index (χ0) is 20.4. The normalized spacial score (nSPS) is 10.7. The number of hydrogen-bond acceptors (Lipinski definition) is 3. The molecule has 0 unspecified atom stereocenters. The third kappa shape index (κ3) is 4.46. The lowest BCUT2D eigenvalue weighted by Gasteiger charge is -2.08. The van der Waals surface area contributed by atoms with Crippen LogP contribution in [0.4, 0.5) is 0 Å². The van der Waals surface area contributed by atoms with Crippen LogP contribution in [-0.4, -0.2) is 15.7 Å². The zero-order valence-corrected chi connectivity index (χ0v) is 17.1. The SMILES string of the molecule is O=C(c1ccc(Cl)cc1)n1ccc(-c2ccc(Oc3ccc(Cl)cc3)cc2Cl)n1. The molecule has 0 atom stereocenters. The van der Waals surface area contributed by atoms with E-state index < -0.39 is 0 Å². The van der Waals surface area contributed by atoms with E-state index in [1.807, 2.05) is 0 Å². The predicted molar refractivity (Wildman–Crippen MR) is 115 cm³/mol. The lowest BCUT2D eigenvalue weighted by atomic mass is 10.1. The Hall–Kier alpha value is -2.79. The molecule has 4 aromatic rings. The van der Waals surface area contributed by atoms with Gasteiger partial charge in [0.2, 0.25) is 0 Å². The molecule has 0 aliphatic heterocycles. The van der Waals surface area contributed by atoms with Gasteiger partial charge in [-0.2, -0.15) is 5.10 Å². The highest BCUT2D eigenvalue weighted by Crippen LogP contribution is 2.32. The van der Waals surface area contributed by atoms with Gasteiger partial charge in [0.15, 0.2) is 0 Å². The van der Waals surface area contributed by atoms with Gasteiger partial charge in [0.05, 0.1) is 10.7 Å². The second-order valence-corrected chi connectivity index (χ2v) is 7.44. The maximum absolute atomic E-state index is 12.6. The smallest absolute Gasteiger partial charge is 0.278 e. The van der Waals surface area contributed by atoms with Crippen molar-refractivity contribution in [2.45, 2.75) is 0 Å². The average Bonchev–Trinajstić information content (AvgIpc) is 3.20. The molecule has 0 aliphatic rings. The van der Waals surface area contributed by atoms with E-state index in [1.54, 1.807) is 79.0 Å². The van der Waals surface area contributed by atoms with Crippen molar-refractivity contribution in [2.75, 3.05) is 0 Å². The molecule has 0 saturated heterocycles. The number of nitrogens with zero attached hydrogens (tertiary/aromatic N) is 2. The summed E-state index contributed by atoms with van der Waals surface area (Å²) >= 11 is 18.2. The molecule has 0 N–H and O–H groups in total. The topological polar surface area (TPSA) is 44.1 Å². The number of aromatic nitrogens is 2. The van der Waals surface area contributed by atoms with Gasteiger partial charge in [-0.25, -0.2) is 4.68 Å². The molecule has 0 radical (unpaired) electrons. The molecule has 29 heavy (non-hydrogen) atoms. The standard InChI is InChI=1S/C22H13Cl3N2O2/c23-15-3-1-14(2-4-15)22(28)27-12-11-21(26-27)19-10-9-18(13-20(19)25)29-17-7-5-16(24)6-8-17/h1-13H. The predicted octanol–water partition coefficient (Wildman–Crippen LogP) is 6.99. The van der Waals surface area contributed by atoms with Crippen molar-refractivity contribution in [3.63, 3.8) is 0 Å². The number of carbonyl (C=O) groups excluding carboxylic acids is 1. The molecule has 144 valence electrons. The largest absolute Gasteiger partial charge is 0.457 e. The van der Waals surface area contributed by atoms with Crippen LogP contribution < -0.4 is 4.74 Å². The van der Waals surface area contributed by atoms with Gasteiger partial charge in [-0.1, -0.05) is 34.8 Å². The molecule has 0 spiro atoms. The highest BCUT2D eigenvalue weighted by Gasteiger charge is 2.13. The first-order valence-corrected chi connectivity index (χ1v) is 9.72. The Bertz CT molecular complexity index is 1170. The zero-order valence-electron chi connectivity index (χ0n) is 14.9. The van der Waals surface area contributed by atoms with Crippen LogP contribution in [0.5, 0.6) is 11.5 Å². The minimum atomic E-state index is -0.258. The van der Waals surface area contributed by atoms with E-state index in [0.29, 0.717) is 43.4 Å². The Morgan fingerprint density at radius 3 is 2.07 bits per heavy atom. The molecule has 0 aliphatic carbocycles. The van der Waals surface area contributed by atoms with E-state index in [1.165, 1.54) is 4.68 Å². The summed E-state index contributed by atoms with van der Waals surface area (Å²) < 4.78 is 7.05. The summed E-state index contributed by atoms with van der Waals surface area (Å²) in [4.78, 5) is 12.6. The number of benzene rings is 3. The summed E-state index contributed by atoms with van der Waals surface area (Å²) in [7, 11) is 0. The average molecular weight is 444 g/mol. The van der Waals surface area contributed by atoms with Crippen molar-refractivity contribution in [1.82, 2.24) is 9.78 Å². The second-order valence-electron chi connectivity index (χ2n) is 6.16. The van der Waals surface area contributed by atoms with Crippen molar-refractivity contribution < 1.29 is 9.53 Å². The van der Waals surface area contributed by atoms with E-state index in [9.17, 15) is 4.79 Å². The molecule has 3 aromatic carbocycles. The van der Waals surface area contributed by atoms with Gasteiger partial charge in [0.25, 0.3) is 5.91 Å².